The Hall–Kier alpha value is -2.06. The SMILES string of the molecule is C=CCNS(=O)(=O)CCNC(=O)c1ccc2c(c1)OCO2. The van der Waals surface area contributed by atoms with E-state index in [0.29, 0.717) is 17.1 Å². The number of amides is 1. The molecule has 1 aromatic carbocycles. The zero-order valence-electron chi connectivity index (χ0n) is 11.3. The fraction of sp³-hybridized carbons (Fsp3) is 0.308. The third-order valence-electron chi connectivity index (χ3n) is 2.74. The lowest BCUT2D eigenvalue weighted by Gasteiger charge is -2.07. The Morgan fingerprint density at radius 2 is 2.10 bits per heavy atom. The highest BCUT2D eigenvalue weighted by atomic mass is 32.2. The highest BCUT2D eigenvalue weighted by Crippen LogP contribution is 2.32. The van der Waals surface area contributed by atoms with Crippen LogP contribution in [0.15, 0.2) is 30.9 Å². The van der Waals surface area contributed by atoms with Gasteiger partial charge in [-0.3, -0.25) is 4.79 Å². The maximum Gasteiger partial charge on any atom is 0.251 e. The molecule has 1 aromatic rings. The second-order valence-electron chi connectivity index (χ2n) is 4.28. The molecule has 1 aliphatic heterocycles. The molecule has 114 valence electrons. The number of sulfonamides is 1. The lowest BCUT2D eigenvalue weighted by atomic mass is 10.2. The monoisotopic (exact) mass is 312 g/mol. The van der Waals surface area contributed by atoms with E-state index in [-0.39, 0.29) is 31.5 Å². The molecule has 2 rings (SSSR count). The van der Waals surface area contributed by atoms with Crippen molar-refractivity contribution in [1.29, 1.82) is 0 Å². The van der Waals surface area contributed by atoms with Crippen LogP contribution in [0.25, 0.3) is 0 Å². The van der Waals surface area contributed by atoms with Gasteiger partial charge in [0.2, 0.25) is 16.8 Å². The largest absolute Gasteiger partial charge is 0.454 e. The molecule has 1 heterocycles. The Labute approximate surface area is 123 Å². The van der Waals surface area contributed by atoms with Gasteiger partial charge >= 0.3 is 0 Å². The van der Waals surface area contributed by atoms with Crippen molar-refractivity contribution in [1.82, 2.24) is 10.0 Å². The molecule has 0 spiro atoms. The van der Waals surface area contributed by atoms with Gasteiger partial charge in [0.05, 0.1) is 5.75 Å². The van der Waals surface area contributed by atoms with Crippen LogP contribution in [-0.2, 0) is 10.0 Å². The molecule has 0 saturated heterocycles. The fourth-order valence-electron chi connectivity index (χ4n) is 1.70. The standard InChI is InChI=1S/C13H16N2O5S/c1-2-5-15-21(17,18)7-6-14-13(16)10-3-4-11-12(8-10)20-9-19-11/h2-4,8,15H,1,5-7,9H2,(H,14,16). The minimum absolute atomic E-state index is 0.0136. The third kappa shape index (κ3) is 4.20. The molecule has 0 bridgehead atoms. The first-order chi connectivity index (χ1) is 10.0. The Bertz CT molecular complexity index is 642. The van der Waals surface area contributed by atoms with Gasteiger partial charge in [0.25, 0.3) is 5.91 Å². The first-order valence-electron chi connectivity index (χ1n) is 6.28. The highest BCUT2D eigenvalue weighted by Gasteiger charge is 2.16. The van der Waals surface area contributed by atoms with Crippen molar-refractivity contribution < 1.29 is 22.7 Å². The van der Waals surface area contributed by atoms with E-state index in [0.717, 1.165) is 0 Å². The topological polar surface area (TPSA) is 93.7 Å². The van der Waals surface area contributed by atoms with Crippen LogP contribution >= 0.6 is 0 Å². The summed E-state index contributed by atoms with van der Waals surface area (Å²) < 4.78 is 35.7. The van der Waals surface area contributed by atoms with E-state index in [1.54, 1.807) is 18.2 Å². The average Bonchev–Trinajstić information content (AvgIpc) is 2.92. The molecular formula is C13H16N2O5S. The van der Waals surface area contributed by atoms with Crippen LogP contribution in [0.1, 0.15) is 10.4 Å². The van der Waals surface area contributed by atoms with Crippen LogP contribution in [0, 0.1) is 0 Å². The van der Waals surface area contributed by atoms with E-state index in [9.17, 15) is 13.2 Å². The maximum absolute atomic E-state index is 11.9. The number of benzene rings is 1. The predicted octanol–water partition coefficient (Wildman–Crippen LogP) is 0.250. The molecule has 1 amide bonds. The van der Waals surface area contributed by atoms with Crippen LogP contribution < -0.4 is 19.5 Å². The molecule has 0 saturated carbocycles. The summed E-state index contributed by atoms with van der Waals surface area (Å²) in [4.78, 5) is 11.9. The summed E-state index contributed by atoms with van der Waals surface area (Å²) in [6.45, 7) is 3.73. The van der Waals surface area contributed by atoms with Crippen molar-refractivity contribution >= 4 is 15.9 Å². The first-order valence-corrected chi connectivity index (χ1v) is 7.93. The van der Waals surface area contributed by atoms with Crippen molar-refractivity contribution in [2.24, 2.45) is 0 Å². The van der Waals surface area contributed by atoms with Gasteiger partial charge in [-0.1, -0.05) is 6.08 Å². The minimum Gasteiger partial charge on any atom is -0.454 e. The summed E-state index contributed by atoms with van der Waals surface area (Å²) in [6.07, 6.45) is 1.45. The van der Waals surface area contributed by atoms with E-state index >= 15 is 0 Å². The van der Waals surface area contributed by atoms with E-state index < -0.39 is 10.0 Å². The molecule has 0 radical (unpaired) electrons. The van der Waals surface area contributed by atoms with Crippen LogP contribution in [0.2, 0.25) is 0 Å². The number of fused-ring (bicyclic) bond motifs is 1. The smallest absolute Gasteiger partial charge is 0.251 e. The van der Waals surface area contributed by atoms with Gasteiger partial charge in [0, 0.05) is 18.7 Å². The lowest BCUT2D eigenvalue weighted by molar-refractivity contribution is 0.0955. The van der Waals surface area contributed by atoms with E-state index in [1.807, 2.05) is 0 Å². The van der Waals surface area contributed by atoms with Crippen molar-refractivity contribution in [3.8, 4) is 11.5 Å². The summed E-state index contributed by atoms with van der Waals surface area (Å²) in [7, 11) is -3.41. The van der Waals surface area contributed by atoms with E-state index in [2.05, 4.69) is 16.6 Å². The molecule has 0 aromatic heterocycles. The van der Waals surface area contributed by atoms with Gasteiger partial charge in [-0.25, -0.2) is 13.1 Å². The zero-order valence-corrected chi connectivity index (χ0v) is 12.1. The van der Waals surface area contributed by atoms with Gasteiger partial charge in [-0.05, 0) is 18.2 Å². The summed E-state index contributed by atoms with van der Waals surface area (Å²) in [5, 5.41) is 2.54. The minimum atomic E-state index is -3.41. The maximum atomic E-state index is 11.9. The Kier molecular flexibility index (Phi) is 4.81. The van der Waals surface area contributed by atoms with E-state index in [4.69, 9.17) is 9.47 Å². The number of nitrogens with one attached hydrogen (secondary N) is 2. The van der Waals surface area contributed by atoms with Crippen LogP contribution in [0.3, 0.4) is 0 Å². The Balaban J connectivity index is 1.86. The molecule has 2 N–H and O–H groups in total. The number of hydrogen-bond acceptors (Lipinski definition) is 5. The molecule has 0 aliphatic carbocycles. The molecule has 21 heavy (non-hydrogen) atoms. The van der Waals surface area contributed by atoms with Crippen LogP contribution in [0.5, 0.6) is 11.5 Å². The predicted molar refractivity (Wildman–Crippen MR) is 76.9 cm³/mol. The van der Waals surface area contributed by atoms with Crippen molar-refractivity contribution in [2.45, 2.75) is 0 Å². The second-order valence-corrected chi connectivity index (χ2v) is 6.21. The number of carbonyl (C=O) groups excluding carboxylic acids is 1. The first kappa shape index (κ1) is 15.3. The summed E-state index contributed by atoms with van der Waals surface area (Å²) in [6, 6.07) is 4.79. The number of hydrogen-bond donors (Lipinski definition) is 2. The molecular weight excluding hydrogens is 296 g/mol. The number of ether oxygens (including phenoxy) is 2. The lowest BCUT2D eigenvalue weighted by Crippen LogP contribution is -2.34. The second kappa shape index (κ2) is 6.59. The molecule has 0 unspecified atom stereocenters. The fourth-order valence-corrected chi connectivity index (χ4v) is 2.58. The Morgan fingerprint density at radius 1 is 1.33 bits per heavy atom. The summed E-state index contributed by atoms with van der Waals surface area (Å²) in [5.74, 6) is 0.523. The average molecular weight is 312 g/mol. The Morgan fingerprint density at radius 3 is 2.86 bits per heavy atom. The summed E-state index contributed by atoms with van der Waals surface area (Å²) in [5.41, 5.74) is 0.385. The summed E-state index contributed by atoms with van der Waals surface area (Å²) >= 11 is 0. The van der Waals surface area contributed by atoms with Crippen molar-refractivity contribution in [3.05, 3.63) is 36.4 Å². The molecule has 1 aliphatic rings. The van der Waals surface area contributed by atoms with Gasteiger partial charge in [0.15, 0.2) is 11.5 Å². The van der Waals surface area contributed by atoms with Gasteiger partial charge in [-0.15, -0.1) is 6.58 Å². The van der Waals surface area contributed by atoms with Gasteiger partial charge in [0.1, 0.15) is 0 Å². The number of carbonyl (C=O) groups is 1. The van der Waals surface area contributed by atoms with Crippen molar-refractivity contribution in [2.75, 3.05) is 25.6 Å². The quantitative estimate of drug-likeness (QED) is 0.704. The van der Waals surface area contributed by atoms with E-state index in [1.165, 1.54) is 6.08 Å². The molecule has 0 atom stereocenters. The van der Waals surface area contributed by atoms with Crippen molar-refractivity contribution in [3.63, 3.8) is 0 Å². The third-order valence-corrected chi connectivity index (χ3v) is 4.09. The number of rotatable bonds is 7. The van der Waals surface area contributed by atoms with Gasteiger partial charge < -0.3 is 14.8 Å². The zero-order chi connectivity index (χ0) is 15.3. The highest BCUT2D eigenvalue weighted by molar-refractivity contribution is 7.89. The van der Waals surface area contributed by atoms with Crippen LogP contribution in [0.4, 0.5) is 0 Å². The normalized spacial score (nSPS) is 13.0. The van der Waals surface area contributed by atoms with Crippen LogP contribution in [-0.4, -0.2) is 40.0 Å². The molecule has 7 nitrogen and oxygen atoms in total. The molecule has 8 heteroatoms. The van der Waals surface area contributed by atoms with Gasteiger partial charge in [-0.2, -0.15) is 0 Å². The molecule has 0 fully saturated rings.